The van der Waals surface area contributed by atoms with Gasteiger partial charge in [0, 0.05) is 31.2 Å². The van der Waals surface area contributed by atoms with Crippen molar-refractivity contribution in [3.63, 3.8) is 0 Å². The van der Waals surface area contributed by atoms with Gasteiger partial charge in [0.05, 0.1) is 12.2 Å². The lowest BCUT2D eigenvalue weighted by molar-refractivity contribution is 0.113. The molecule has 1 N–H and O–H groups in total. The normalized spacial score (nSPS) is 25.8. The highest BCUT2D eigenvalue weighted by Crippen LogP contribution is 2.16. The van der Waals surface area contributed by atoms with Crippen molar-refractivity contribution in [2.45, 2.75) is 52.7 Å². The summed E-state index contributed by atoms with van der Waals surface area (Å²) < 4.78 is 5.32. The Kier molecular flexibility index (Phi) is 4.40. The monoisotopic (exact) mass is 251 g/mol. The van der Waals surface area contributed by atoms with Gasteiger partial charge >= 0.3 is 0 Å². The third kappa shape index (κ3) is 3.56. The van der Waals surface area contributed by atoms with Crippen LogP contribution in [0.2, 0.25) is 0 Å². The molecule has 4 heteroatoms. The molecule has 1 fully saturated rings. The molecule has 1 aliphatic rings. The lowest BCUT2D eigenvalue weighted by atomic mass is 10.00. The van der Waals surface area contributed by atoms with E-state index in [1.165, 1.54) is 6.42 Å². The minimum absolute atomic E-state index is 0.554. The van der Waals surface area contributed by atoms with E-state index in [1.54, 1.807) is 0 Å². The molecule has 0 radical (unpaired) electrons. The molecular weight excluding hydrogens is 226 g/mol. The zero-order valence-electron chi connectivity index (χ0n) is 11.9. The molecule has 1 aromatic rings. The first kappa shape index (κ1) is 13.6. The Morgan fingerprint density at radius 2 is 2.33 bits per heavy atom. The number of aryl methyl sites for hydroxylation is 1. The predicted octanol–water partition coefficient (Wildman–Crippen LogP) is 2.19. The summed E-state index contributed by atoms with van der Waals surface area (Å²) >= 11 is 0. The van der Waals surface area contributed by atoms with Crippen LogP contribution in [0.1, 0.15) is 38.6 Å². The van der Waals surface area contributed by atoms with Crippen molar-refractivity contribution in [2.75, 3.05) is 13.1 Å². The van der Waals surface area contributed by atoms with Gasteiger partial charge in [0.15, 0.2) is 5.76 Å². The van der Waals surface area contributed by atoms with Gasteiger partial charge < -0.3 is 9.84 Å². The van der Waals surface area contributed by atoms with Crippen LogP contribution in [0.5, 0.6) is 0 Å². The molecule has 102 valence electrons. The molecule has 2 unspecified atom stereocenters. The Morgan fingerprint density at radius 3 is 2.94 bits per heavy atom. The molecule has 4 nitrogen and oxygen atoms in total. The Labute approximate surface area is 110 Å². The number of hydrogen-bond donors (Lipinski definition) is 1. The maximum absolute atomic E-state index is 5.32. The van der Waals surface area contributed by atoms with Gasteiger partial charge in [-0.25, -0.2) is 0 Å². The molecule has 2 heterocycles. The van der Waals surface area contributed by atoms with E-state index in [0.29, 0.717) is 12.1 Å². The van der Waals surface area contributed by atoms with Gasteiger partial charge in [0.2, 0.25) is 0 Å². The summed E-state index contributed by atoms with van der Waals surface area (Å²) in [6, 6.07) is 3.19. The van der Waals surface area contributed by atoms with Crippen LogP contribution in [0.25, 0.3) is 0 Å². The number of aromatic nitrogens is 1. The first-order valence-corrected chi connectivity index (χ1v) is 6.94. The fourth-order valence-corrected chi connectivity index (χ4v) is 2.63. The summed E-state index contributed by atoms with van der Waals surface area (Å²) in [5, 5.41) is 7.59. The van der Waals surface area contributed by atoms with Gasteiger partial charge in [0.1, 0.15) is 0 Å². The highest BCUT2D eigenvalue weighted by molar-refractivity contribution is 5.03. The second kappa shape index (κ2) is 5.85. The average Bonchev–Trinajstić information content (AvgIpc) is 2.68. The first-order valence-electron chi connectivity index (χ1n) is 6.94. The molecule has 1 saturated heterocycles. The number of rotatable bonds is 4. The molecule has 2 rings (SSSR count). The van der Waals surface area contributed by atoms with Crippen molar-refractivity contribution in [3.8, 4) is 0 Å². The highest BCUT2D eigenvalue weighted by Gasteiger charge is 2.26. The number of piperazine rings is 1. The summed E-state index contributed by atoms with van der Waals surface area (Å²) in [6.07, 6.45) is 1.23. The third-order valence-electron chi connectivity index (χ3n) is 3.57. The van der Waals surface area contributed by atoms with Gasteiger partial charge in [-0.2, -0.15) is 0 Å². The van der Waals surface area contributed by atoms with E-state index >= 15 is 0 Å². The molecule has 0 aromatic carbocycles. The second-order valence-electron chi connectivity index (χ2n) is 5.95. The number of nitrogens with zero attached hydrogens (tertiary/aromatic N) is 2. The number of nitrogens with one attached hydrogen (secondary N) is 1. The minimum Gasteiger partial charge on any atom is -0.360 e. The zero-order valence-corrected chi connectivity index (χ0v) is 11.9. The smallest absolute Gasteiger partial charge is 0.150 e. The predicted molar refractivity (Wildman–Crippen MR) is 72.4 cm³/mol. The Balaban J connectivity index is 1.93. The molecule has 0 bridgehead atoms. The first-order chi connectivity index (χ1) is 8.54. The fraction of sp³-hybridized carbons (Fsp3) is 0.786. The average molecular weight is 251 g/mol. The third-order valence-corrected chi connectivity index (χ3v) is 3.57. The lowest BCUT2D eigenvalue weighted by Crippen LogP contribution is -2.55. The molecule has 0 spiro atoms. The van der Waals surface area contributed by atoms with E-state index in [1.807, 2.05) is 13.0 Å². The van der Waals surface area contributed by atoms with Crippen LogP contribution in [0.4, 0.5) is 0 Å². The summed E-state index contributed by atoms with van der Waals surface area (Å²) in [5.41, 5.74) is 0.964. The van der Waals surface area contributed by atoms with Crippen LogP contribution in [0.3, 0.4) is 0 Å². The Bertz CT molecular complexity index is 375. The maximum atomic E-state index is 5.32. The molecule has 0 amide bonds. The van der Waals surface area contributed by atoms with Crippen molar-refractivity contribution >= 4 is 0 Å². The van der Waals surface area contributed by atoms with E-state index in [4.69, 9.17) is 4.52 Å². The van der Waals surface area contributed by atoms with Crippen molar-refractivity contribution in [1.82, 2.24) is 15.4 Å². The van der Waals surface area contributed by atoms with Crippen LogP contribution in [0, 0.1) is 12.8 Å². The molecule has 0 saturated carbocycles. The minimum atomic E-state index is 0.554. The van der Waals surface area contributed by atoms with Crippen LogP contribution in [0.15, 0.2) is 10.6 Å². The van der Waals surface area contributed by atoms with Crippen molar-refractivity contribution in [1.29, 1.82) is 0 Å². The summed E-state index contributed by atoms with van der Waals surface area (Å²) in [7, 11) is 0. The van der Waals surface area contributed by atoms with E-state index < -0.39 is 0 Å². The molecule has 1 aromatic heterocycles. The summed E-state index contributed by atoms with van der Waals surface area (Å²) in [4.78, 5) is 2.49. The molecule has 0 aliphatic carbocycles. The quantitative estimate of drug-likeness (QED) is 0.890. The maximum Gasteiger partial charge on any atom is 0.150 e. The highest BCUT2D eigenvalue weighted by atomic mass is 16.5. The lowest BCUT2D eigenvalue weighted by Gasteiger charge is -2.38. The van der Waals surface area contributed by atoms with Crippen LogP contribution < -0.4 is 5.32 Å². The fourth-order valence-electron chi connectivity index (χ4n) is 2.63. The van der Waals surface area contributed by atoms with Crippen molar-refractivity contribution < 1.29 is 4.52 Å². The van der Waals surface area contributed by atoms with Gasteiger partial charge in [-0.05, 0) is 26.2 Å². The van der Waals surface area contributed by atoms with Gasteiger partial charge in [-0.15, -0.1) is 0 Å². The topological polar surface area (TPSA) is 41.3 Å². The SMILES string of the molecule is Cc1cc(CN2CC(CC(C)C)NCC2C)on1. The standard InChI is InChI=1S/C14H25N3O/c1-10(2)5-13-8-17(12(4)7-15-13)9-14-6-11(3)16-18-14/h6,10,12-13,15H,5,7-9H2,1-4H3. The van der Waals surface area contributed by atoms with Gasteiger partial charge in [-0.3, -0.25) is 4.90 Å². The molecule has 2 atom stereocenters. The van der Waals surface area contributed by atoms with Crippen LogP contribution in [-0.4, -0.2) is 35.2 Å². The number of hydrogen-bond acceptors (Lipinski definition) is 4. The molecule has 18 heavy (non-hydrogen) atoms. The van der Waals surface area contributed by atoms with Crippen molar-refractivity contribution in [2.24, 2.45) is 5.92 Å². The van der Waals surface area contributed by atoms with Gasteiger partial charge in [0.25, 0.3) is 0 Å². The zero-order chi connectivity index (χ0) is 13.1. The van der Waals surface area contributed by atoms with Crippen LogP contribution >= 0.6 is 0 Å². The Hall–Kier alpha value is -0.870. The van der Waals surface area contributed by atoms with E-state index in [0.717, 1.165) is 37.0 Å². The van der Waals surface area contributed by atoms with E-state index in [2.05, 4.69) is 36.1 Å². The summed E-state index contributed by atoms with van der Waals surface area (Å²) in [6.45, 7) is 11.8. The van der Waals surface area contributed by atoms with E-state index in [-0.39, 0.29) is 0 Å². The van der Waals surface area contributed by atoms with E-state index in [9.17, 15) is 0 Å². The Morgan fingerprint density at radius 1 is 1.56 bits per heavy atom. The molecule has 1 aliphatic heterocycles. The second-order valence-corrected chi connectivity index (χ2v) is 5.95. The molecular formula is C14H25N3O. The van der Waals surface area contributed by atoms with Gasteiger partial charge in [-0.1, -0.05) is 19.0 Å². The summed E-state index contributed by atoms with van der Waals surface area (Å²) in [5.74, 6) is 1.72. The van der Waals surface area contributed by atoms with Crippen molar-refractivity contribution in [3.05, 3.63) is 17.5 Å². The largest absolute Gasteiger partial charge is 0.360 e. The van der Waals surface area contributed by atoms with Crippen LogP contribution in [-0.2, 0) is 6.54 Å².